The number of aromatic nitrogens is 4. The molecular weight excluding hydrogens is 330 g/mol. The highest BCUT2D eigenvalue weighted by atomic mass is 32.1. The molecule has 0 spiro atoms. The lowest BCUT2D eigenvalue weighted by Crippen LogP contribution is -2.15. The Morgan fingerprint density at radius 3 is 2.71 bits per heavy atom. The molecule has 1 aromatic carbocycles. The van der Waals surface area contributed by atoms with Crippen LogP contribution in [0.3, 0.4) is 0 Å². The maximum absolute atomic E-state index is 12.2. The Balaban J connectivity index is 1.65. The highest BCUT2D eigenvalue weighted by Gasteiger charge is 2.15. The standard InChI is InChI=1S/C15H13N5O3S/c1-23-15(22)12-6-7-24-14(12)17-13(21)8-10-2-4-11(5-3-10)20-9-16-18-19-20/h2-7,9H,8H2,1H3,(H,17,21). The first kappa shape index (κ1) is 15.8. The van der Waals surface area contributed by atoms with Crippen LogP contribution in [0.2, 0.25) is 0 Å². The lowest BCUT2D eigenvalue weighted by atomic mass is 10.1. The molecule has 2 heterocycles. The predicted octanol–water partition coefficient (Wildman–Crippen LogP) is 1.69. The lowest BCUT2D eigenvalue weighted by Gasteiger charge is -2.06. The van der Waals surface area contributed by atoms with Gasteiger partial charge in [0.1, 0.15) is 11.3 Å². The van der Waals surface area contributed by atoms with E-state index in [1.807, 2.05) is 24.3 Å². The summed E-state index contributed by atoms with van der Waals surface area (Å²) in [5.74, 6) is -0.685. The summed E-state index contributed by atoms with van der Waals surface area (Å²) in [6, 6.07) is 8.92. The van der Waals surface area contributed by atoms with Crippen molar-refractivity contribution >= 4 is 28.2 Å². The van der Waals surface area contributed by atoms with E-state index in [-0.39, 0.29) is 12.3 Å². The van der Waals surface area contributed by atoms with Crippen LogP contribution < -0.4 is 5.32 Å². The third-order valence-corrected chi connectivity index (χ3v) is 4.07. The van der Waals surface area contributed by atoms with E-state index in [1.54, 1.807) is 11.4 Å². The number of ether oxygens (including phenoxy) is 1. The van der Waals surface area contributed by atoms with E-state index in [1.165, 1.54) is 29.5 Å². The highest BCUT2D eigenvalue weighted by Crippen LogP contribution is 2.24. The zero-order chi connectivity index (χ0) is 16.9. The number of esters is 1. The van der Waals surface area contributed by atoms with Gasteiger partial charge in [-0.1, -0.05) is 12.1 Å². The van der Waals surface area contributed by atoms with Crippen LogP contribution >= 0.6 is 11.3 Å². The number of amides is 1. The van der Waals surface area contributed by atoms with Crippen LogP contribution in [-0.2, 0) is 16.0 Å². The van der Waals surface area contributed by atoms with Gasteiger partial charge in [-0.2, -0.15) is 0 Å². The van der Waals surface area contributed by atoms with Gasteiger partial charge in [0.2, 0.25) is 5.91 Å². The van der Waals surface area contributed by atoms with Gasteiger partial charge in [-0.25, -0.2) is 9.48 Å². The Kier molecular flexibility index (Phi) is 4.62. The largest absolute Gasteiger partial charge is 0.465 e. The normalized spacial score (nSPS) is 10.4. The van der Waals surface area contributed by atoms with Crippen molar-refractivity contribution in [1.29, 1.82) is 0 Å². The molecule has 0 unspecified atom stereocenters. The smallest absolute Gasteiger partial charge is 0.340 e. The number of carbonyl (C=O) groups is 2. The van der Waals surface area contributed by atoms with Crippen molar-refractivity contribution in [3.8, 4) is 5.69 Å². The molecule has 0 radical (unpaired) electrons. The number of nitrogens with zero attached hydrogens (tertiary/aromatic N) is 4. The van der Waals surface area contributed by atoms with Gasteiger partial charge in [0.05, 0.1) is 24.8 Å². The molecule has 0 saturated carbocycles. The van der Waals surface area contributed by atoms with Crippen LogP contribution in [-0.4, -0.2) is 39.2 Å². The van der Waals surface area contributed by atoms with Crippen LogP contribution in [0.4, 0.5) is 5.00 Å². The number of tetrazole rings is 1. The van der Waals surface area contributed by atoms with Gasteiger partial charge in [-0.3, -0.25) is 4.79 Å². The van der Waals surface area contributed by atoms with Crippen molar-refractivity contribution in [2.45, 2.75) is 6.42 Å². The zero-order valence-corrected chi connectivity index (χ0v) is 13.5. The molecule has 0 bridgehead atoms. The Bertz CT molecular complexity index is 842. The zero-order valence-electron chi connectivity index (χ0n) is 12.7. The molecule has 1 amide bonds. The predicted molar refractivity (Wildman–Crippen MR) is 87.1 cm³/mol. The van der Waals surface area contributed by atoms with Gasteiger partial charge >= 0.3 is 5.97 Å². The summed E-state index contributed by atoms with van der Waals surface area (Å²) in [6.07, 6.45) is 1.68. The maximum atomic E-state index is 12.2. The van der Waals surface area contributed by atoms with Crippen LogP contribution in [0.25, 0.3) is 5.69 Å². The fraction of sp³-hybridized carbons (Fsp3) is 0.133. The van der Waals surface area contributed by atoms with Crippen LogP contribution in [0.15, 0.2) is 42.0 Å². The van der Waals surface area contributed by atoms with Gasteiger partial charge < -0.3 is 10.1 Å². The summed E-state index contributed by atoms with van der Waals surface area (Å²) in [7, 11) is 1.30. The maximum Gasteiger partial charge on any atom is 0.340 e. The van der Waals surface area contributed by atoms with Crippen molar-refractivity contribution in [1.82, 2.24) is 20.2 Å². The first-order chi connectivity index (χ1) is 11.7. The summed E-state index contributed by atoms with van der Waals surface area (Å²) in [4.78, 5) is 23.8. The van der Waals surface area contributed by atoms with Gasteiger partial charge in [0, 0.05) is 0 Å². The molecule has 3 aromatic rings. The van der Waals surface area contributed by atoms with Gasteiger partial charge in [-0.15, -0.1) is 16.4 Å². The van der Waals surface area contributed by atoms with Crippen molar-refractivity contribution < 1.29 is 14.3 Å². The summed E-state index contributed by atoms with van der Waals surface area (Å²) in [5.41, 5.74) is 1.99. The van der Waals surface area contributed by atoms with E-state index < -0.39 is 5.97 Å². The minimum absolute atomic E-state index is 0.189. The molecule has 1 N–H and O–H groups in total. The van der Waals surface area contributed by atoms with Gasteiger partial charge in [0.15, 0.2) is 0 Å². The third-order valence-electron chi connectivity index (χ3n) is 3.24. The molecule has 3 rings (SSSR count). The monoisotopic (exact) mass is 343 g/mol. The molecule has 122 valence electrons. The van der Waals surface area contributed by atoms with E-state index in [0.29, 0.717) is 10.6 Å². The number of methoxy groups -OCH3 is 1. The van der Waals surface area contributed by atoms with Crippen molar-refractivity contribution in [2.24, 2.45) is 0 Å². The molecule has 0 aliphatic rings. The third kappa shape index (κ3) is 3.46. The van der Waals surface area contributed by atoms with Gasteiger partial charge in [0.25, 0.3) is 0 Å². The molecular formula is C15H13N5O3S. The first-order valence-electron chi connectivity index (χ1n) is 6.95. The van der Waals surface area contributed by atoms with Crippen LogP contribution in [0.5, 0.6) is 0 Å². The van der Waals surface area contributed by atoms with E-state index in [4.69, 9.17) is 0 Å². The molecule has 9 heteroatoms. The van der Waals surface area contributed by atoms with E-state index in [2.05, 4.69) is 25.6 Å². The molecule has 0 aliphatic carbocycles. The number of hydrogen-bond acceptors (Lipinski definition) is 7. The SMILES string of the molecule is COC(=O)c1ccsc1NC(=O)Cc1ccc(-n2cnnn2)cc1. The second-order valence-electron chi connectivity index (χ2n) is 4.80. The number of nitrogens with one attached hydrogen (secondary N) is 1. The molecule has 0 saturated heterocycles. The highest BCUT2D eigenvalue weighted by molar-refractivity contribution is 7.14. The molecule has 2 aromatic heterocycles. The molecule has 0 fully saturated rings. The summed E-state index contributed by atoms with van der Waals surface area (Å²) in [5, 5.41) is 15.9. The first-order valence-corrected chi connectivity index (χ1v) is 7.83. The molecule has 8 nitrogen and oxygen atoms in total. The molecule has 24 heavy (non-hydrogen) atoms. The average Bonchev–Trinajstić information content (AvgIpc) is 3.26. The summed E-state index contributed by atoms with van der Waals surface area (Å²) in [6.45, 7) is 0. The number of carbonyl (C=O) groups excluding carboxylic acids is 2. The van der Waals surface area contributed by atoms with Crippen molar-refractivity contribution in [3.05, 3.63) is 53.2 Å². The van der Waals surface area contributed by atoms with Crippen LogP contribution in [0, 0.1) is 0 Å². The Morgan fingerprint density at radius 2 is 2.04 bits per heavy atom. The quantitative estimate of drug-likeness (QED) is 0.708. The molecule has 0 aliphatic heterocycles. The van der Waals surface area contributed by atoms with E-state index >= 15 is 0 Å². The second-order valence-corrected chi connectivity index (χ2v) is 5.72. The Hall–Kier alpha value is -3.07. The minimum atomic E-state index is -0.475. The topological polar surface area (TPSA) is 99.0 Å². The average molecular weight is 343 g/mol. The fourth-order valence-corrected chi connectivity index (χ4v) is 2.87. The second kappa shape index (κ2) is 7.01. The van der Waals surface area contributed by atoms with Gasteiger partial charge in [-0.05, 0) is 39.6 Å². The minimum Gasteiger partial charge on any atom is -0.465 e. The Labute approximate surface area is 141 Å². The Morgan fingerprint density at radius 1 is 1.25 bits per heavy atom. The van der Waals surface area contributed by atoms with E-state index in [0.717, 1.165) is 11.3 Å². The number of anilines is 1. The van der Waals surface area contributed by atoms with Crippen molar-refractivity contribution in [3.63, 3.8) is 0 Å². The fourth-order valence-electron chi connectivity index (χ4n) is 2.08. The summed E-state index contributed by atoms with van der Waals surface area (Å²) < 4.78 is 6.21. The number of hydrogen-bond donors (Lipinski definition) is 1. The van der Waals surface area contributed by atoms with E-state index in [9.17, 15) is 9.59 Å². The van der Waals surface area contributed by atoms with Crippen LogP contribution in [0.1, 0.15) is 15.9 Å². The molecule has 0 atom stereocenters. The lowest BCUT2D eigenvalue weighted by molar-refractivity contribution is -0.115. The van der Waals surface area contributed by atoms with Crippen molar-refractivity contribution in [2.75, 3.05) is 12.4 Å². The number of rotatable bonds is 5. The number of thiophene rings is 1. The number of benzene rings is 1. The summed E-state index contributed by atoms with van der Waals surface area (Å²) >= 11 is 1.27.